The topological polar surface area (TPSA) is 73.8 Å². The summed E-state index contributed by atoms with van der Waals surface area (Å²) in [6, 6.07) is 7.88. The largest absolute Gasteiger partial charge is 0.862 e. The summed E-state index contributed by atoms with van der Waals surface area (Å²) in [5.74, 6) is -0.0773. The van der Waals surface area contributed by atoms with Gasteiger partial charge in [-0.05, 0) is 56.1 Å². The maximum atomic E-state index is 13.7. The number of hydrogen-bond acceptors (Lipinski definition) is 3. The van der Waals surface area contributed by atoms with Crippen molar-refractivity contribution in [3.05, 3.63) is 49.1 Å². The number of nitrogens with zero attached hydrogens (tertiary/aromatic N) is 3. The van der Waals surface area contributed by atoms with Crippen LogP contribution in [0.3, 0.4) is 0 Å². The first-order valence-corrected chi connectivity index (χ1v) is 26.5. The Hall–Kier alpha value is -2.76. The number of pyridine rings is 2. The van der Waals surface area contributed by atoms with Gasteiger partial charge in [-0.25, -0.2) is 9.55 Å². The molecular weight excluding hydrogens is 749 g/mol. The highest BCUT2D eigenvalue weighted by molar-refractivity contribution is 5.84. The Morgan fingerprint density at radius 3 is 1.26 bits per heavy atom. The van der Waals surface area contributed by atoms with Gasteiger partial charge in [0.1, 0.15) is 12.6 Å². The van der Waals surface area contributed by atoms with Gasteiger partial charge in [0, 0.05) is 43.8 Å². The second kappa shape index (κ2) is 40.0. The lowest BCUT2D eigenvalue weighted by atomic mass is 10.0. The molecule has 6 nitrogen and oxygen atoms in total. The van der Waals surface area contributed by atoms with Gasteiger partial charge in [-0.15, -0.1) is 0 Å². The van der Waals surface area contributed by atoms with Crippen LogP contribution >= 0.6 is 0 Å². The van der Waals surface area contributed by atoms with Crippen molar-refractivity contribution in [2.45, 2.75) is 265 Å². The predicted octanol–water partition coefficient (Wildman–Crippen LogP) is 14.5. The van der Waals surface area contributed by atoms with E-state index in [0.29, 0.717) is 6.42 Å². The third-order valence-corrected chi connectivity index (χ3v) is 12.8. The number of unbranched alkanes of at least 4 members (excludes halogenated alkanes) is 32. The lowest BCUT2D eigenvalue weighted by Gasteiger charge is -2.26. The average molecular weight is 846 g/mol. The minimum atomic E-state index is -0.591. The van der Waals surface area contributed by atoms with Gasteiger partial charge in [0.25, 0.3) is 0 Å². The Morgan fingerprint density at radius 1 is 0.525 bits per heavy atom. The fourth-order valence-corrected chi connectivity index (χ4v) is 8.76. The van der Waals surface area contributed by atoms with Crippen LogP contribution in [0.15, 0.2) is 54.0 Å². The number of hydrogen-bond donors (Lipinski definition) is 0. The van der Waals surface area contributed by atoms with Crippen molar-refractivity contribution in [1.29, 1.82) is 0 Å². The Kier molecular flexibility index (Phi) is 35.7. The van der Waals surface area contributed by atoms with Gasteiger partial charge in [-0.2, -0.15) is 0 Å². The van der Waals surface area contributed by atoms with Crippen molar-refractivity contribution in [2.75, 3.05) is 13.1 Å². The predicted molar refractivity (Wildman–Crippen MR) is 260 cm³/mol. The number of amides is 1. The molecule has 1 atom stereocenters. The van der Waals surface area contributed by atoms with Crippen molar-refractivity contribution < 1.29 is 19.5 Å². The van der Waals surface area contributed by atoms with Crippen LogP contribution in [0.5, 0.6) is 0 Å². The first-order valence-electron chi connectivity index (χ1n) is 26.5. The van der Waals surface area contributed by atoms with E-state index in [-0.39, 0.29) is 11.8 Å². The molecule has 2 aromatic heterocycles. The van der Waals surface area contributed by atoms with Crippen LogP contribution in [0.2, 0.25) is 0 Å². The van der Waals surface area contributed by atoms with E-state index in [0.717, 1.165) is 51.7 Å². The van der Waals surface area contributed by atoms with Crippen LogP contribution in [0.4, 0.5) is 0 Å². The molecule has 2 heterocycles. The van der Waals surface area contributed by atoms with E-state index in [1.54, 1.807) is 0 Å². The van der Waals surface area contributed by atoms with Crippen molar-refractivity contribution in [3.63, 3.8) is 0 Å². The zero-order chi connectivity index (χ0) is 43.7. The van der Waals surface area contributed by atoms with Crippen LogP contribution < -0.4 is 14.7 Å². The number of H-pyrrole nitrogens is 1. The Bertz CT molecular complexity index is 1250. The lowest BCUT2D eigenvalue weighted by Crippen LogP contribution is -2.39. The molecule has 6 heteroatoms. The fourth-order valence-electron chi connectivity index (χ4n) is 8.76. The Balaban J connectivity index is 1.65. The zero-order valence-electron chi connectivity index (χ0n) is 40.4. The summed E-state index contributed by atoms with van der Waals surface area (Å²) in [4.78, 5) is 23.2. The number of aromatic amines is 1. The molecule has 0 aliphatic carbocycles. The smallest absolute Gasteiger partial charge is 0.247 e. The van der Waals surface area contributed by atoms with E-state index in [1.165, 1.54) is 204 Å². The Labute approximate surface area is 377 Å². The van der Waals surface area contributed by atoms with E-state index in [9.17, 15) is 9.90 Å². The third-order valence-electron chi connectivity index (χ3n) is 12.8. The van der Waals surface area contributed by atoms with Crippen LogP contribution in [0, 0.1) is 0 Å². The summed E-state index contributed by atoms with van der Waals surface area (Å²) < 4.78 is 2.21. The molecule has 1 N–H and O–H groups in total. The highest BCUT2D eigenvalue weighted by Gasteiger charge is 2.19. The normalized spacial score (nSPS) is 12.3. The summed E-state index contributed by atoms with van der Waals surface area (Å²) >= 11 is 0. The van der Waals surface area contributed by atoms with E-state index in [2.05, 4.69) is 65.1 Å². The SMILES string of the molecule is CCCCCCCCCCCCCCCCCCN(CCCCCCCCCCCCCCCCCC)C(=O)C(C)N=C([O-])CCCCC[n+]1ccc(-c2cc[nH+]cc2)cc1. The highest BCUT2D eigenvalue weighted by Crippen LogP contribution is 2.18. The van der Waals surface area contributed by atoms with Gasteiger partial charge in [0.2, 0.25) is 5.91 Å². The second-order valence-corrected chi connectivity index (χ2v) is 18.6. The van der Waals surface area contributed by atoms with Gasteiger partial charge in [-0.3, -0.25) is 9.79 Å². The molecule has 0 radical (unpaired) electrons. The van der Waals surface area contributed by atoms with E-state index >= 15 is 0 Å². The molecule has 2 rings (SSSR count). The zero-order valence-corrected chi connectivity index (χ0v) is 40.4. The average Bonchev–Trinajstić information content (AvgIpc) is 3.28. The minimum absolute atomic E-state index is 0.0451. The van der Waals surface area contributed by atoms with E-state index in [1.807, 2.05) is 24.2 Å². The van der Waals surface area contributed by atoms with E-state index < -0.39 is 6.04 Å². The van der Waals surface area contributed by atoms with Gasteiger partial charge in [0.05, 0.1) is 0 Å². The molecular formula is C55H97N4O2+. The summed E-state index contributed by atoms with van der Waals surface area (Å²) in [5, 5.41) is 12.9. The molecule has 0 saturated heterocycles. The summed E-state index contributed by atoms with van der Waals surface area (Å²) in [6.07, 6.45) is 54.6. The molecule has 0 aliphatic rings. The number of nitrogens with one attached hydrogen (secondary N) is 1. The lowest BCUT2D eigenvalue weighted by molar-refractivity contribution is -0.697. The monoisotopic (exact) mass is 846 g/mol. The first kappa shape index (κ1) is 54.4. The molecule has 0 bridgehead atoms. The Morgan fingerprint density at radius 2 is 0.869 bits per heavy atom. The summed E-state index contributed by atoms with van der Waals surface area (Å²) in [5.41, 5.74) is 2.40. The van der Waals surface area contributed by atoms with Gasteiger partial charge < -0.3 is 10.0 Å². The van der Waals surface area contributed by atoms with Gasteiger partial charge >= 0.3 is 0 Å². The number of aryl methyl sites for hydroxylation is 1. The number of rotatable bonds is 43. The van der Waals surface area contributed by atoms with Crippen LogP contribution in [-0.4, -0.2) is 35.8 Å². The minimum Gasteiger partial charge on any atom is -0.862 e. The van der Waals surface area contributed by atoms with Crippen LogP contribution in [0.1, 0.15) is 252 Å². The maximum Gasteiger partial charge on any atom is 0.247 e. The molecule has 2 aromatic rings. The molecule has 0 saturated carbocycles. The molecule has 0 aliphatic heterocycles. The van der Waals surface area contributed by atoms with Crippen LogP contribution in [-0.2, 0) is 11.3 Å². The molecule has 0 spiro atoms. The third kappa shape index (κ3) is 30.9. The maximum absolute atomic E-state index is 13.7. The van der Waals surface area contributed by atoms with Crippen LogP contribution in [0.25, 0.3) is 11.1 Å². The molecule has 348 valence electrons. The first-order chi connectivity index (χ1) is 30.0. The molecule has 1 unspecified atom stereocenters. The summed E-state index contributed by atoms with van der Waals surface area (Å²) in [7, 11) is 0. The van der Waals surface area contributed by atoms with Crippen molar-refractivity contribution in [3.8, 4) is 11.1 Å². The van der Waals surface area contributed by atoms with Gasteiger partial charge in [-0.1, -0.05) is 206 Å². The number of carbonyl (C=O) groups is 1. The van der Waals surface area contributed by atoms with Crippen molar-refractivity contribution in [2.24, 2.45) is 4.99 Å². The highest BCUT2D eigenvalue weighted by atomic mass is 16.3. The molecule has 0 fully saturated rings. The van der Waals surface area contributed by atoms with Gasteiger partial charge in [0.15, 0.2) is 24.8 Å². The summed E-state index contributed by atoms with van der Waals surface area (Å²) in [6.45, 7) is 8.94. The standard InChI is InChI=1S/C55H96N4O2/c1-4-6-8-10-12-14-16-18-20-22-24-26-28-30-32-37-47-59(48-38-33-31-29-27-25-23-21-19-17-15-13-11-9-7-5-2)55(61)51(3)57-54(60)39-35-34-36-46-58-49-42-53(43-50-58)52-40-44-56-45-41-52/h40-45,49-51H,4-39,46-48H2,1-3H3/p+1. The fraction of sp³-hybridized carbons (Fsp3) is 0.782. The van der Waals surface area contributed by atoms with E-state index in [4.69, 9.17) is 0 Å². The molecule has 0 aromatic carbocycles. The molecule has 1 amide bonds. The van der Waals surface area contributed by atoms with Crippen molar-refractivity contribution in [1.82, 2.24) is 4.90 Å². The number of carbonyl (C=O) groups excluding carboxylic acids is 1. The number of aromatic nitrogens is 2. The quantitative estimate of drug-likeness (QED) is 0.0289. The second-order valence-electron chi connectivity index (χ2n) is 18.6. The molecule has 61 heavy (non-hydrogen) atoms. The van der Waals surface area contributed by atoms with Crippen molar-refractivity contribution >= 4 is 11.8 Å². The number of aliphatic imine (C=N–C) groups is 1.